The van der Waals surface area contributed by atoms with Crippen LogP contribution in [0.25, 0.3) is 0 Å². The number of aromatic hydroxyl groups is 3. The Morgan fingerprint density at radius 2 is 0.694 bits per heavy atom. The van der Waals surface area contributed by atoms with Crippen LogP contribution < -0.4 is 25.7 Å². The zero-order valence-electron chi connectivity index (χ0n) is 36.5. The van der Waals surface area contributed by atoms with Crippen LogP contribution >= 0.6 is 6.83 Å². The molecule has 0 amide bonds. The van der Waals surface area contributed by atoms with E-state index in [4.69, 9.17) is 4.52 Å². The van der Waals surface area contributed by atoms with Gasteiger partial charge in [-0.3, -0.25) is 0 Å². The van der Waals surface area contributed by atoms with Gasteiger partial charge in [-0.15, -0.1) is 0 Å². The maximum atomic E-state index is 12.2. The van der Waals surface area contributed by atoms with Gasteiger partial charge in [0.05, 0.1) is 0 Å². The minimum atomic E-state index is -4.29. The van der Waals surface area contributed by atoms with Crippen molar-refractivity contribution in [2.75, 3.05) is 0 Å². The van der Waals surface area contributed by atoms with E-state index in [-0.39, 0.29) is 17.2 Å². The number of phenols is 3. The number of rotatable bonds is 12. The fourth-order valence-corrected chi connectivity index (χ4v) is 14.8. The molecule has 3 N–H and O–H groups in total. The van der Waals surface area contributed by atoms with Crippen molar-refractivity contribution < 1.29 is 19.8 Å². The van der Waals surface area contributed by atoms with Gasteiger partial charge in [0, 0.05) is 0 Å². The van der Waals surface area contributed by atoms with E-state index in [9.17, 15) is 15.3 Å². The summed E-state index contributed by atoms with van der Waals surface area (Å²) >= 11 is 0. The summed E-state index contributed by atoms with van der Waals surface area (Å²) in [5.41, 5.74) is 11.4. The first kappa shape index (κ1) is 42.1. The van der Waals surface area contributed by atoms with Gasteiger partial charge in [0.15, 0.2) is 0 Å². The predicted molar refractivity (Wildman–Crippen MR) is 259 cm³/mol. The van der Waals surface area contributed by atoms with E-state index in [0.29, 0.717) is 25.0 Å². The Morgan fingerprint density at radius 1 is 0.339 bits per heavy atom. The van der Waals surface area contributed by atoms with Crippen molar-refractivity contribution in [3.05, 3.63) is 237 Å². The van der Waals surface area contributed by atoms with Crippen LogP contribution in [-0.2, 0) is 19.3 Å². The molecule has 4 nitrogen and oxygen atoms in total. The molecule has 312 valence electrons. The molecule has 0 radical (unpaired) electrons. The Kier molecular flexibility index (Phi) is 11.6. The van der Waals surface area contributed by atoms with Crippen molar-refractivity contribution in [1.29, 1.82) is 0 Å². The second kappa shape index (κ2) is 17.0. The summed E-state index contributed by atoms with van der Waals surface area (Å²) < 4.78 is 8.49. The first-order valence-electron chi connectivity index (χ1n) is 21.3. The topological polar surface area (TPSA) is 69.9 Å². The molecule has 0 aromatic heterocycles. The molecule has 0 unspecified atom stereocenters. The van der Waals surface area contributed by atoms with Gasteiger partial charge in [0.25, 0.3) is 0 Å². The molecule has 5 heteroatoms. The molecular formula is C57H55O4P. The molecule has 0 atom stereocenters. The van der Waals surface area contributed by atoms with Gasteiger partial charge in [0.1, 0.15) is 0 Å². The number of aryl methyl sites for hydroxylation is 6. The number of phenolic OH excluding ortho intramolecular Hbond substituents is 3. The summed E-state index contributed by atoms with van der Waals surface area (Å²) in [5, 5.41) is 38.6. The van der Waals surface area contributed by atoms with Crippen molar-refractivity contribution in [1.82, 2.24) is 0 Å². The summed E-state index contributed by atoms with van der Waals surface area (Å²) in [7, 11) is 0. The van der Waals surface area contributed by atoms with Crippen molar-refractivity contribution in [2.45, 2.75) is 60.8 Å². The quantitative estimate of drug-likeness (QED) is 0.107. The van der Waals surface area contributed by atoms with Crippen LogP contribution in [0.1, 0.15) is 66.8 Å². The zero-order valence-corrected chi connectivity index (χ0v) is 37.4. The van der Waals surface area contributed by atoms with Gasteiger partial charge < -0.3 is 0 Å². The van der Waals surface area contributed by atoms with Crippen LogP contribution in [0.4, 0.5) is 0 Å². The fourth-order valence-electron chi connectivity index (χ4n) is 9.05. The molecule has 8 rings (SSSR count). The Labute approximate surface area is 366 Å². The van der Waals surface area contributed by atoms with Crippen molar-refractivity contribution in [3.8, 4) is 23.0 Å². The summed E-state index contributed by atoms with van der Waals surface area (Å²) in [4.78, 5) is 0. The standard InChI is InChI=1S/C57H55O4P/c1-38-15-23-51(24-16-38)62(50-13-8-7-9-14-50,52-25-17-39(2)18-26-52,53-27-19-40(3)20-28-53)61-57-44(35-46-31-41(4)21-29-54(46)58)11-10-12-45(57)36-48-33-43(6)34-49(56(48)60)37-47-32-42(5)22-30-55(47)59/h7-34,58-60H,35-37H2,1-6H3. The van der Waals surface area contributed by atoms with Crippen molar-refractivity contribution in [3.63, 3.8) is 0 Å². The summed E-state index contributed by atoms with van der Waals surface area (Å²) in [6.07, 6.45) is 1.15. The van der Waals surface area contributed by atoms with E-state index < -0.39 is 6.83 Å². The maximum absolute atomic E-state index is 12.2. The second-order valence-corrected chi connectivity index (χ2v) is 21.4. The van der Waals surface area contributed by atoms with Crippen LogP contribution in [0.2, 0.25) is 0 Å². The molecular weight excluding hydrogens is 780 g/mol. The van der Waals surface area contributed by atoms with Gasteiger partial charge in [0.2, 0.25) is 0 Å². The van der Waals surface area contributed by atoms with Crippen LogP contribution in [0.15, 0.2) is 170 Å². The van der Waals surface area contributed by atoms with Gasteiger partial charge in [-0.2, -0.15) is 0 Å². The summed E-state index contributed by atoms with van der Waals surface area (Å²) in [5.74, 6) is 1.33. The average Bonchev–Trinajstić information content (AvgIpc) is 3.26. The molecule has 0 aliphatic carbocycles. The third-order valence-corrected chi connectivity index (χ3v) is 18.0. The van der Waals surface area contributed by atoms with E-state index >= 15 is 0 Å². The summed E-state index contributed by atoms with van der Waals surface area (Å²) in [6.45, 7) is 8.15. The normalized spacial score (nSPS) is 12.1. The molecule has 0 aliphatic rings. The van der Waals surface area contributed by atoms with Crippen LogP contribution in [0, 0.1) is 41.5 Å². The molecule has 0 spiro atoms. The van der Waals surface area contributed by atoms with Crippen LogP contribution in [-0.4, -0.2) is 15.3 Å². The molecule has 8 aromatic rings. The molecule has 0 heterocycles. The number of hydrogen-bond donors (Lipinski definition) is 3. The zero-order chi connectivity index (χ0) is 43.6. The van der Waals surface area contributed by atoms with E-state index in [1.54, 1.807) is 12.1 Å². The fraction of sp³-hybridized carbons (Fsp3) is 0.158. The number of hydrogen-bond acceptors (Lipinski definition) is 4. The van der Waals surface area contributed by atoms with Gasteiger partial charge in [-0.05, 0) is 0 Å². The molecule has 0 saturated heterocycles. The van der Waals surface area contributed by atoms with E-state index in [0.717, 1.165) is 88.0 Å². The average molecular weight is 835 g/mol. The second-order valence-electron chi connectivity index (χ2n) is 17.1. The Morgan fingerprint density at radius 3 is 1.13 bits per heavy atom. The van der Waals surface area contributed by atoms with E-state index in [1.165, 1.54) is 0 Å². The van der Waals surface area contributed by atoms with Crippen LogP contribution in [0.3, 0.4) is 0 Å². The van der Waals surface area contributed by atoms with Crippen molar-refractivity contribution >= 4 is 28.0 Å². The van der Waals surface area contributed by atoms with E-state index in [1.807, 2.05) is 51.1 Å². The molecule has 0 bridgehead atoms. The third-order valence-electron chi connectivity index (χ3n) is 12.3. The van der Waals surface area contributed by atoms with Gasteiger partial charge in [-0.25, -0.2) is 0 Å². The Balaban J connectivity index is 1.45. The Bertz CT molecular complexity index is 2770. The monoisotopic (exact) mass is 834 g/mol. The Hall–Kier alpha value is -6.61. The van der Waals surface area contributed by atoms with E-state index in [2.05, 4.69) is 148 Å². The molecule has 0 aliphatic heterocycles. The molecule has 0 saturated carbocycles. The molecule has 0 fully saturated rings. The molecule has 62 heavy (non-hydrogen) atoms. The summed E-state index contributed by atoms with van der Waals surface area (Å²) in [6, 6.07) is 58.9. The van der Waals surface area contributed by atoms with Gasteiger partial charge in [-0.1, -0.05) is 0 Å². The number of para-hydroxylation sites is 1. The third kappa shape index (κ3) is 7.76. The van der Waals surface area contributed by atoms with Crippen LogP contribution in [0.5, 0.6) is 23.0 Å². The van der Waals surface area contributed by atoms with Gasteiger partial charge >= 0.3 is 368 Å². The SMILES string of the molecule is Cc1ccc(P(Oc2c(Cc3cc(C)ccc3O)cccc2Cc2cc(C)cc(Cc3cc(C)ccc3O)c2O)(c2ccccc2)(c2ccc(C)cc2)c2ccc(C)cc2)cc1. The van der Waals surface area contributed by atoms with Crippen molar-refractivity contribution in [2.24, 2.45) is 0 Å². The first-order valence-corrected chi connectivity index (χ1v) is 23.5. The number of benzene rings is 8. The first-order chi connectivity index (χ1) is 29.8. The molecule has 8 aromatic carbocycles. The predicted octanol–water partition coefficient (Wildman–Crippen LogP) is 11.6. The minimum absolute atomic E-state index is 0.195.